The second-order valence-corrected chi connectivity index (χ2v) is 5.03. The van der Waals surface area contributed by atoms with Crippen LogP contribution in [0.3, 0.4) is 0 Å². The van der Waals surface area contributed by atoms with Crippen LogP contribution in [0.5, 0.6) is 0 Å². The fraction of sp³-hybridized carbons (Fsp3) is 0.235. The lowest BCUT2D eigenvalue weighted by atomic mass is 10.0. The molecule has 0 saturated heterocycles. The van der Waals surface area contributed by atoms with Crippen LogP contribution < -0.4 is 10.9 Å². The average Bonchev–Trinajstić information content (AvgIpc) is 2.48. The van der Waals surface area contributed by atoms with E-state index >= 15 is 0 Å². The number of nitrogens with zero attached hydrogens (tertiary/aromatic N) is 1. The molecule has 0 fully saturated rings. The van der Waals surface area contributed by atoms with Gasteiger partial charge in [0.2, 0.25) is 0 Å². The maximum absolute atomic E-state index is 12.1. The first-order valence-corrected chi connectivity index (χ1v) is 7.14. The topological polar surface area (TPSA) is 74.8 Å². The van der Waals surface area contributed by atoms with Gasteiger partial charge >= 0.3 is 0 Å². The van der Waals surface area contributed by atoms with Crippen LogP contribution in [0, 0.1) is 6.92 Å². The highest BCUT2D eigenvalue weighted by Crippen LogP contribution is 2.24. The van der Waals surface area contributed by atoms with Crippen LogP contribution in [-0.2, 0) is 11.2 Å². The van der Waals surface area contributed by atoms with E-state index in [0.717, 1.165) is 28.9 Å². The predicted molar refractivity (Wildman–Crippen MR) is 87.9 cm³/mol. The van der Waals surface area contributed by atoms with E-state index in [4.69, 9.17) is 0 Å². The summed E-state index contributed by atoms with van der Waals surface area (Å²) in [5, 5.41) is 2.86. The minimum absolute atomic E-state index is 0.0842. The Morgan fingerprint density at radius 3 is 2.82 bits per heavy atom. The first-order valence-electron chi connectivity index (χ1n) is 7.14. The van der Waals surface area contributed by atoms with E-state index < -0.39 is 0 Å². The number of pyridine rings is 2. The molecule has 0 bridgehead atoms. The first-order chi connectivity index (χ1) is 10.5. The molecule has 5 nitrogen and oxygen atoms in total. The summed E-state index contributed by atoms with van der Waals surface area (Å²) < 4.78 is 0. The third-order valence-corrected chi connectivity index (χ3v) is 3.24. The number of hydrogen-bond acceptors (Lipinski definition) is 4. The molecule has 2 aromatic rings. The van der Waals surface area contributed by atoms with E-state index in [1.165, 1.54) is 19.2 Å². The number of anilines is 1. The van der Waals surface area contributed by atoms with Gasteiger partial charge in [-0.2, -0.15) is 0 Å². The van der Waals surface area contributed by atoms with Gasteiger partial charge in [-0.3, -0.25) is 14.6 Å². The summed E-state index contributed by atoms with van der Waals surface area (Å²) in [6.07, 6.45) is 5.32. The summed E-state index contributed by atoms with van der Waals surface area (Å²) in [4.78, 5) is 30.1. The predicted octanol–water partition coefficient (Wildman–Crippen LogP) is 2.82. The Morgan fingerprint density at radius 2 is 2.18 bits per heavy atom. The molecule has 0 aliphatic heterocycles. The van der Waals surface area contributed by atoms with Gasteiger partial charge in [0.1, 0.15) is 5.69 Å². The summed E-state index contributed by atoms with van der Waals surface area (Å²) in [7, 11) is 0. The lowest BCUT2D eigenvalue weighted by molar-refractivity contribution is -0.112. The van der Waals surface area contributed by atoms with Crippen molar-refractivity contribution < 1.29 is 4.79 Å². The number of rotatable bonds is 5. The molecule has 22 heavy (non-hydrogen) atoms. The van der Waals surface area contributed by atoms with Crippen molar-refractivity contribution >= 4 is 11.5 Å². The van der Waals surface area contributed by atoms with Gasteiger partial charge < -0.3 is 10.3 Å². The van der Waals surface area contributed by atoms with Crippen molar-refractivity contribution in [1.82, 2.24) is 9.97 Å². The number of ketones is 1. The molecule has 2 aromatic heterocycles. The number of aromatic amines is 1. The zero-order valence-corrected chi connectivity index (χ0v) is 12.9. The van der Waals surface area contributed by atoms with Gasteiger partial charge in [-0.1, -0.05) is 6.92 Å². The van der Waals surface area contributed by atoms with E-state index in [1.54, 1.807) is 12.3 Å². The number of aryl methyl sites for hydroxylation is 2. The lowest BCUT2D eigenvalue weighted by Crippen LogP contribution is -2.14. The molecule has 0 aromatic carbocycles. The number of nitrogens with one attached hydrogen (secondary N) is 2. The van der Waals surface area contributed by atoms with Crippen molar-refractivity contribution in [3.05, 3.63) is 58.4 Å². The molecule has 2 rings (SSSR count). The van der Waals surface area contributed by atoms with Gasteiger partial charge in [0.15, 0.2) is 5.78 Å². The van der Waals surface area contributed by atoms with Crippen LogP contribution in [0.25, 0.3) is 11.1 Å². The van der Waals surface area contributed by atoms with Gasteiger partial charge in [0, 0.05) is 29.3 Å². The van der Waals surface area contributed by atoms with Crippen molar-refractivity contribution in [2.24, 2.45) is 0 Å². The van der Waals surface area contributed by atoms with Gasteiger partial charge in [0.05, 0.1) is 0 Å². The first kappa shape index (κ1) is 15.7. The van der Waals surface area contributed by atoms with E-state index in [-0.39, 0.29) is 11.3 Å². The van der Waals surface area contributed by atoms with Crippen molar-refractivity contribution in [2.45, 2.75) is 27.2 Å². The molecule has 2 N–H and O–H groups in total. The van der Waals surface area contributed by atoms with Crippen LogP contribution in [0.4, 0.5) is 5.69 Å². The minimum Gasteiger partial charge on any atom is -0.357 e. The van der Waals surface area contributed by atoms with E-state index in [0.29, 0.717) is 5.69 Å². The Morgan fingerprint density at radius 1 is 1.41 bits per heavy atom. The highest BCUT2D eigenvalue weighted by molar-refractivity contribution is 5.87. The fourth-order valence-electron chi connectivity index (χ4n) is 2.17. The van der Waals surface area contributed by atoms with E-state index in [9.17, 15) is 9.59 Å². The number of carbonyl (C=O) groups excluding carboxylic acids is 1. The summed E-state index contributed by atoms with van der Waals surface area (Å²) in [6.45, 7) is 5.37. The normalized spacial score (nSPS) is 10.9. The molecule has 2 heterocycles. The third-order valence-electron chi connectivity index (χ3n) is 3.24. The number of carbonyl (C=O) groups is 1. The molecule has 0 atom stereocenters. The average molecular weight is 297 g/mol. The number of aromatic nitrogens is 2. The Balaban J connectivity index is 2.48. The van der Waals surface area contributed by atoms with Crippen molar-refractivity contribution in [1.29, 1.82) is 0 Å². The largest absolute Gasteiger partial charge is 0.357 e. The lowest BCUT2D eigenvalue weighted by Gasteiger charge is -2.11. The standard InChI is InChI=1S/C17H19N3O2/c1-4-15-14(13-6-8-18-11(2)9-13)10-16(17(22)20-15)19-7-5-12(3)21/h5-10,19H,4H2,1-3H3,(H,20,22)/b7-5+. The number of allylic oxidation sites excluding steroid dienone is 1. The SMILES string of the molecule is CCc1[nH]c(=O)c(N/C=C/C(C)=O)cc1-c1ccnc(C)c1. The third kappa shape index (κ3) is 3.69. The summed E-state index contributed by atoms with van der Waals surface area (Å²) in [5.41, 5.74) is 3.93. The van der Waals surface area contributed by atoms with Gasteiger partial charge in [0.25, 0.3) is 5.56 Å². The zero-order chi connectivity index (χ0) is 16.1. The van der Waals surface area contributed by atoms with E-state index in [2.05, 4.69) is 15.3 Å². The monoisotopic (exact) mass is 297 g/mol. The van der Waals surface area contributed by atoms with Crippen molar-refractivity contribution in [2.75, 3.05) is 5.32 Å². The molecule has 0 unspecified atom stereocenters. The number of hydrogen-bond donors (Lipinski definition) is 2. The maximum Gasteiger partial charge on any atom is 0.271 e. The smallest absolute Gasteiger partial charge is 0.271 e. The molecular formula is C17H19N3O2. The Kier molecular flexibility index (Phi) is 4.88. The van der Waals surface area contributed by atoms with Crippen LogP contribution in [0.1, 0.15) is 25.2 Å². The van der Waals surface area contributed by atoms with Crippen LogP contribution >= 0.6 is 0 Å². The Bertz CT molecular complexity index is 776. The highest BCUT2D eigenvalue weighted by Gasteiger charge is 2.09. The number of H-pyrrole nitrogens is 1. The summed E-state index contributed by atoms with van der Waals surface area (Å²) in [5.74, 6) is -0.0842. The molecule has 0 spiro atoms. The van der Waals surface area contributed by atoms with Crippen LogP contribution in [0.15, 0.2) is 41.5 Å². The van der Waals surface area contributed by atoms with Crippen LogP contribution in [0.2, 0.25) is 0 Å². The van der Waals surface area contributed by atoms with Crippen LogP contribution in [-0.4, -0.2) is 15.8 Å². The molecule has 0 aliphatic rings. The van der Waals surface area contributed by atoms with Crippen molar-refractivity contribution in [3.63, 3.8) is 0 Å². The quantitative estimate of drug-likeness (QED) is 0.832. The summed E-state index contributed by atoms with van der Waals surface area (Å²) in [6, 6.07) is 5.69. The highest BCUT2D eigenvalue weighted by atomic mass is 16.1. The van der Waals surface area contributed by atoms with E-state index in [1.807, 2.05) is 26.0 Å². The molecule has 0 aliphatic carbocycles. The molecule has 5 heteroatoms. The van der Waals surface area contributed by atoms with Gasteiger partial charge in [-0.05, 0) is 50.1 Å². The molecular weight excluding hydrogens is 278 g/mol. The van der Waals surface area contributed by atoms with Crippen molar-refractivity contribution in [3.8, 4) is 11.1 Å². The Labute approximate surface area is 129 Å². The molecule has 0 radical (unpaired) electrons. The second kappa shape index (κ2) is 6.85. The fourth-order valence-corrected chi connectivity index (χ4v) is 2.17. The van der Waals surface area contributed by atoms with Gasteiger partial charge in [-0.15, -0.1) is 0 Å². The minimum atomic E-state index is -0.209. The second-order valence-electron chi connectivity index (χ2n) is 5.03. The Hall–Kier alpha value is -2.69. The molecule has 0 saturated carbocycles. The molecule has 0 amide bonds. The maximum atomic E-state index is 12.1. The van der Waals surface area contributed by atoms with Gasteiger partial charge in [-0.25, -0.2) is 0 Å². The molecule has 114 valence electrons. The zero-order valence-electron chi connectivity index (χ0n) is 12.9. The summed E-state index contributed by atoms with van der Waals surface area (Å²) >= 11 is 0.